The van der Waals surface area contributed by atoms with Crippen LogP contribution in [-0.2, 0) is 9.47 Å². The molecule has 2 heterocycles. The Bertz CT molecular complexity index is 214. The number of nitrogens with two attached hydrogens (primary N) is 1. The molecule has 2 atom stereocenters. The monoisotopic (exact) mass is 256 g/mol. The van der Waals surface area contributed by atoms with Gasteiger partial charge in [0.15, 0.2) is 0 Å². The first-order valence-electron chi connectivity index (χ1n) is 7.54. The fraction of sp³-hybridized carbons (Fsp3) is 1.00. The second-order valence-electron chi connectivity index (χ2n) is 5.72. The van der Waals surface area contributed by atoms with Gasteiger partial charge in [-0.3, -0.25) is 11.3 Å². The van der Waals surface area contributed by atoms with E-state index in [1.165, 1.54) is 38.5 Å². The Morgan fingerprint density at radius 2 is 1.94 bits per heavy atom. The average Bonchev–Trinajstić information content (AvgIpc) is 2.45. The third-order valence-electron chi connectivity index (χ3n) is 4.31. The highest BCUT2D eigenvalue weighted by atomic mass is 16.5. The van der Waals surface area contributed by atoms with E-state index in [4.69, 9.17) is 15.3 Å². The Balaban J connectivity index is 1.64. The number of rotatable bonds is 6. The van der Waals surface area contributed by atoms with E-state index in [-0.39, 0.29) is 0 Å². The van der Waals surface area contributed by atoms with Gasteiger partial charge in [-0.15, -0.1) is 0 Å². The fourth-order valence-electron chi connectivity index (χ4n) is 3.08. The van der Waals surface area contributed by atoms with Crippen LogP contribution in [0.1, 0.15) is 51.4 Å². The molecule has 0 amide bonds. The molecule has 2 unspecified atom stereocenters. The van der Waals surface area contributed by atoms with E-state index in [0.717, 1.165) is 38.6 Å². The van der Waals surface area contributed by atoms with Crippen LogP contribution in [-0.4, -0.2) is 32.0 Å². The molecule has 0 aromatic heterocycles. The Morgan fingerprint density at radius 1 is 1.11 bits per heavy atom. The first-order chi connectivity index (χ1) is 8.88. The molecular formula is C14H28N2O2. The molecule has 0 bridgehead atoms. The van der Waals surface area contributed by atoms with Crippen molar-refractivity contribution >= 4 is 0 Å². The van der Waals surface area contributed by atoms with Gasteiger partial charge >= 0.3 is 0 Å². The summed E-state index contributed by atoms with van der Waals surface area (Å²) in [4.78, 5) is 0. The molecule has 0 aliphatic carbocycles. The summed E-state index contributed by atoms with van der Waals surface area (Å²) < 4.78 is 11.2. The first-order valence-corrected chi connectivity index (χ1v) is 7.54. The second kappa shape index (κ2) is 8.10. The summed E-state index contributed by atoms with van der Waals surface area (Å²) in [6.07, 6.45) is 10.1. The summed E-state index contributed by atoms with van der Waals surface area (Å²) in [5, 5.41) is 0. The summed E-state index contributed by atoms with van der Waals surface area (Å²) in [5.41, 5.74) is 2.99. The van der Waals surface area contributed by atoms with Gasteiger partial charge in [-0.25, -0.2) is 0 Å². The molecule has 0 saturated carbocycles. The quantitative estimate of drug-likeness (QED) is 0.563. The van der Waals surface area contributed by atoms with Crippen molar-refractivity contribution in [1.82, 2.24) is 5.43 Å². The smallest absolute Gasteiger partial charge is 0.0575 e. The van der Waals surface area contributed by atoms with Gasteiger partial charge in [0.25, 0.3) is 0 Å². The molecule has 3 N–H and O–H groups in total. The van der Waals surface area contributed by atoms with Gasteiger partial charge < -0.3 is 9.47 Å². The Hall–Kier alpha value is -0.160. The average molecular weight is 256 g/mol. The predicted molar refractivity (Wildman–Crippen MR) is 72.1 cm³/mol. The zero-order chi connectivity index (χ0) is 12.6. The highest BCUT2D eigenvalue weighted by molar-refractivity contribution is 4.74. The van der Waals surface area contributed by atoms with Gasteiger partial charge in [0, 0.05) is 25.9 Å². The van der Waals surface area contributed by atoms with Crippen LogP contribution in [0.2, 0.25) is 0 Å². The van der Waals surface area contributed by atoms with E-state index in [0.29, 0.717) is 12.1 Å². The number of hydrogen-bond acceptors (Lipinski definition) is 4. The summed E-state index contributed by atoms with van der Waals surface area (Å²) >= 11 is 0. The van der Waals surface area contributed by atoms with Crippen LogP contribution < -0.4 is 11.3 Å². The summed E-state index contributed by atoms with van der Waals surface area (Å²) in [6, 6.07) is 0.443. The van der Waals surface area contributed by atoms with Crippen LogP contribution in [0, 0.1) is 5.92 Å². The van der Waals surface area contributed by atoms with Gasteiger partial charge in [0.2, 0.25) is 0 Å². The van der Waals surface area contributed by atoms with Crippen LogP contribution in [0.25, 0.3) is 0 Å². The number of hydrogen-bond donors (Lipinski definition) is 2. The third kappa shape index (κ3) is 4.84. The first kappa shape index (κ1) is 14.3. The molecule has 2 aliphatic heterocycles. The molecule has 4 heteroatoms. The molecule has 0 radical (unpaired) electrons. The molecule has 2 saturated heterocycles. The lowest BCUT2D eigenvalue weighted by atomic mass is 9.90. The molecule has 2 fully saturated rings. The molecule has 2 rings (SSSR count). The number of nitrogens with one attached hydrogen (secondary N) is 1. The SMILES string of the molecule is NNC(CCC1CCCCO1)CC1CCOCC1. The van der Waals surface area contributed by atoms with Crippen molar-refractivity contribution < 1.29 is 9.47 Å². The summed E-state index contributed by atoms with van der Waals surface area (Å²) in [7, 11) is 0. The Labute approximate surface area is 111 Å². The van der Waals surface area contributed by atoms with Gasteiger partial charge in [-0.2, -0.15) is 0 Å². The number of hydrazine groups is 1. The molecule has 0 aromatic rings. The maximum atomic E-state index is 5.77. The van der Waals surface area contributed by atoms with Crippen molar-refractivity contribution in [2.45, 2.75) is 63.5 Å². The van der Waals surface area contributed by atoms with Gasteiger partial charge in [0.1, 0.15) is 0 Å². The van der Waals surface area contributed by atoms with E-state index in [2.05, 4.69) is 5.43 Å². The van der Waals surface area contributed by atoms with E-state index >= 15 is 0 Å². The lowest BCUT2D eigenvalue weighted by Crippen LogP contribution is -2.38. The van der Waals surface area contributed by atoms with E-state index in [1.54, 1.807) is 0 Å². The standard InChI is InChI=1S/C14H28N2O2/c15-16-13(11-12-6-9-17-10-7-12)4-5-14-3-1-2-8-18-14/h12-14,16H,1-11,15H2. The minimum Gasteiger partial charge on any atom is -0.381 e. The fourth-order valence-corrected chi connectivity index (χ4v) is 3.08. The van der Waals surface area contributed by atoms with Crippen molar-refractivity contribution in [1.29, 1.82) is 0 Å². The highest BCUT2D eigenvalue weighted by Crippen LogP contribution is 2.23. The summed E-state index contributed by atoms with van der Waals surface area (Å²) in [5.74, 6) is 6.47. The molecule has 18 heavy (non-hydrogen) atoms. The number of ether oxygens (including phenoxy) is 2. The van der Waals surface area contributed by atoms with Crippen LogP contribution in [0.15, 0.2) is 0 Å². The topological polar surface area (TPSA) is 56.5 Å². The zero-order valence-electron chi connectivity index (χ0n) is 11.4. The Kier molecular flexibility index (Phi) is 6.41. The lowest BCUT2D eigenvalue weighted by molar-refractivity contribution is 0.00733. The maximum absolute atomic E-state index is 5.77. The molecule has 0 aromatic carbocycles. The molecule has 4 nitrogen and oxygen atoms in total. The van der Waals surface area contributed by atoms with Crippen LogP contribution in [0.3, 0.4) is 0 Å². The molecular weight excluding hydrogens is 228 g/mol. The largest absolute Gasteiger partial charge is 0.381 e. The van der Waals surface area contributed by atoms with Crippen molar-refractivity contribution in [3.05, 3.63) is 0 Å². The third-order valence-corrected chi connectivity index (χ3v) is 4.31. The van der Waals surface area contributed by atoms with Crippen molar-refractivity contribution in [3.8, 4) is 0 Å². The van der Waals surface area contributed by atoms with Gasteiger partial charge in [0.05, 0.1) is 6.10 Å². The van der Waals surface area contributed by atoms with E-state index in [9.17, 15) is 0 Å². The zero-order valence-corrected chi connectivity index (χ0v) is 11.4. The predicted octanol–water partition coefficient (Wildman–Crippen LogP) is 1.98. The molecule has 106 valence electrons. The van der Waals surface area contributed by atoms with Crippen LogP contribution in [0.4, 0.5) is 0 Å². The maximum Gasteiger partial charge on any atom is 0.0575 e. The van der Waals surface area contributed by atoms with Crippen molar-refractivity contribution in [2.75, 3.05) is 19.8 Å². The van der Waals surface area contributed by atoms with Crippen LogP contribution in [0.5, 0.6) is 0 Å². The minimum absolute atomic E-state index is 0.443. The van der Waals surface area contributed by atoms with E-state index in [1.807, 2.05) is 0 Å². The second-order valence-corrected chi connectivity index (χ2v) is 5.72. The lowest BCUT2D eigenvalue weighted by Gasteiger charge is -2.28. The normalized spacial score (nSPS) is 28.2. The molecule has 0 spiro atoms. The highest BCUT2D eigenvalue weighted by Gasteiger charge is 2.20. The Morgan fingerprint density at radius 3 is 2.61 bits per heavy atom. The van der Waals surface area contributed by atoms with Crippen molar-refractivity contribution in [3.63, 3.8) is 0 Å². The van der Waals surface area contributed by atoms with Crippen LogP contribution >= 0.6 is 0 Å². The van der Waals surface area contributed by atoms with Gasteiger partial charge in [-0.1, -0.05) is 0 Å². The van der Waals surface area contributed by atoms with E-state index < -0.39 is 0 Å². The molecule has 2 aliphatic rings. The van der Waals surface area contributed by atoms with Gasteiger partial charge in [-0.05, 0) is 57.3 Å². The minimum atomic E-state index is 0.443. The van der Waals surface area contributed by atoms with Crippen molar-refractivity contribution in [2.24, 2.45) is 11.8 Å². The summed E-state index contributed by atoms with van der Waals surface area (Å²) in [6.45, 7) is 2.80.